The lowest BCUT2D eigenvalue weighted by atomic mass is 10.1. The van der Waals surface area contributed by atoms with Gasteiger partial charge in [0.2, 0.25) is 5.43 Å². The summed E-state index contributed by atoms with van der Waals surface area (Å²) in [5.74, 6) is -0.256. The van der Waals surface area contributed by atoms with E-state index in [1.165, 1.54) is 6.07 Å². The van der Waals surface area contributed by atoms with Gasteiger partial charge >= 0.3 is 0 Å². The Bertz CT molecular complexity index is 693. The van der Waals surface area contributed by atoms with E-state index in [-0.39, 0.29) is 18.4 Å². The summed E-state index contributed by atoms with van der Waals surface area (Å²) < 4.78 is 1.84. The Morgan fingerprint density at radius 1 is 1.23 bits per heavy atom. The highest BCUT2D eigenvalue weighted by atomic mass is 16.3. The third-order valence-corrected chi connectivity index (χ3v) is 3.70. The van der Waals surface area contributed by atoms with E-state index in [0.29, 0.717) is 17.9 Å². The SMILES string of the molecule is CC(c1ccccc1)n1c(CO)cc(=O)c(O)c1CN(C)C. The molecular weight excluding hydrogens is 280 g/mol. The number of pyridine rings is 1. The fourth-order valence-electron chi connectivity index (χ4n) is 2.65. The molecule has 0 amide bonds. The van der Waals surface area contributed by atoms with Crippen molar-refractivity contribution >= 4 is 0 Å². The number of aliphatic hydroxyl groups is 1. The molecule has 0 saturated heterocycles. The molecule has 0 spiro atoms. The van der Waals surface area contributed by atoms with Crippen LogP contribution in [0.2, 0.25) is 0 Å². The summed E-state index contributed by atoms with van der Waals surface area (Å²) in [7, 11) is 3.74. The van der Waals surface area contributed by atoms with Crippen LogP contribution in [0.4, 0.5) is 0 Å². The van der Waals surface area contributed by atoms with Crippen LogP contribution in [0.5, 0.6) is 5.75 Å². The average molecular weight is 302 g/mol. The van der Waals surface area contributed by atoms with Crippen LogP contribution < -0.4 is 5.43 Å². The molecule has 1 atom stereocenters. The van der Waals surface area contributed by atoms with E-state index < -0.39 is 5.43 Å². The largest absolute Gasteiger partial charge is 0.503 e. The van der Waals surface area contributed by atoms with Gasteiger partial charge in [0.25, 0.3) is 0 Å². The highest BCUT2D eigenvalue weighted by molar-refractivity contribution is 5.33. The van der Waals surface area contributed by atoms with Crippen molar-refractivity contribution in [3.05, 3.63) is 63.6 Å². The van der Waals surface area contributed by atoms with E-state index in [0.717, 1.165) is 5.56 Å². The molecule has 1 aromatic heterocycles. The summed E-state index contributed by atoms with van der Waals surface area (Å²) in [4.78, 5) is 13.8. The first-order valence-electron chi connectivity index (χ1n) is 7.22. The van der Waals surface area contributed by atoms with Crippen LogP contribution >= 0.6 is 0 Å². The fraction of sp³-hybridized carbons (Fsp3) is 0.353. The molecule has 5 heteroatoms. The van der Waals surface area contributed by atoms with Crippen molar-refractivity contribution in [3.63, 3.8) is 0 Å². The van der Waals surface area contributed by atoms with Gasteiger partial charge in [-0.25, -0.2) is 0 Å². The molecule has 2 aromatic rings. The number of hydrogen-bond acceptors (Lipinski definition) is 4. The standard InChI is InChI=1S/C17H22N2O3/c1-12(13-7-5-4-6-8-13)19-14(11-20)9-16(21)17(22)15(19)10-18(2)3/h4-9,12,20,22H,10-11H2,1-3H3. The van der Waals surface area contributed by atoms with E-state index in [4.69, 9.17) is 0 Å². The Hall–Kier alpha value is -2.11. The van der Waals surface area contributed by atoms with Crippen molar-refractivity contribution in [2.45, 2.75) is 26.1 Å². The highest BCUT2D eigenvalue weighted by Gasteiger charge is 2.20. The van der Waals surface area contributed by atoms with Crippen LogP contribution in [0, 0.1) is 0 Å². The molecule has 2 N–H and O–H groups in total. The lowest BCUT2D eigenvalue weighted by Crippen LogP contribution is -2.25. The number of benzene rings is 1. The van der Waals surface area contributed by atoms with E-state index in [2.05, 4.69) is 0 Å². The number of nitrogens with zero attached hydrogens (tertiary/aromatic N) is 2. The zero-order valence-corrected chi connectivity index (χ0v) is 13.2. The van der Waals surface area contributed by atoms with Gasteiger partial charge in [0.1, 0.15) is 0 Å². The van der Waals surface area contributed by atoms with Crippen molar-refractivity contribution in [1.82, 2.24) is 9.47 Å². The maximum absolute atomic E-state index is 11.9. The normalized spacial score (nSPS) is 12.6. The topological polar surface area (TPSA) is 65.7 Å². The van der Waals surface area contributed by atoms with Crippen LogP contribution in [0.25, 0.3) is 0 Å². The molecule has 0 bridgehead atoms. The summed E-state index contributed by atoms with van der Waals surface area (Å²) in [5, 5.41) is 19.8. The van der Waals surface area contributed by atoms with Gasteiger partial charge in [-0.2, -0.15) is 0 Å². The van der Waals surface area contributed by atoms with E-state index in [1.54, 1.807) is 0 Å². The van der Waals surface area contributed by atoms with Gasteiger partial charge in [-0.05, 0) is 26.6 Å². The molecule has 1 aromatic carbocycles. The lowest BCUT2D eigenvalue weighted by Gasteiger charge is -2.26. The van der Waals surface area contributed by atoms with Gasteiger partial charge in [-0.1, -0.05) is 30.3 Å². The number of aliphatic hydroxyl groups excluding tert-OH is 1. The van der Waals surface area contributed by atoms with Crippen molar-refractivity contribution in [3.8, 4) is 5.75 Å². The van der Waals surface area contributed by atoms with E-state index in [9.17, 15) is 15.0 Å². The fourth-order valence-corrected chi connectivity index (χ4v) is 2.65. The minimum Gasteiger partial charge on any atom is -0.503 e. The zero-order chi connectivity index (χ0) is 16.3. The Kier molecular flexibility index (Phi) is 5.00. The maximum atomic E-state index is 11.9. The van der Waals surface area contributed by atoms with Crippen LogP contribution in [0.15, 0.2) is 41.2 Å². The Labute approximate surface area is 130 Å². The second-order valence-corrected chi connectivity index (χ2v) is 5.65. The van der Waals surface area contributed by atoms with Crippen molar-refractivity contribution in [2.24, 2.45) is 0 Å². The molecule has 0 aliphatic rings. The maximum Gasteiger partial charge on any atom is 0.223 e. The molecule has 1 heterocycles. The van der Waals surface area contributed by atoms with Gasteiger partial charge in [0.15, 0.2) is 5.75 Å². The molecule has 0 saturated carbocycles. The third-order valence-electron chi connectivity index (χ3n) is 3.70. The third kappa shape index (κ3) is 3.21. The molecule has 0 fully saturated rings. The predicted molar refractivity (Wildman–Crippen MR) is 85.9 cm³/mol. The monoisotopic (exact) mass is 302 g/mol. The molecule has 118 valence electrons. The van der Waals surface area contributed by atoms with Crippen molar-refractivity contribution < 1.29 is 10.2 Å². The molecule has 0 aliphatic carbocycles. The molecule has 1 unspecified atom stereocenters. The second-order valence-electron chi connectivity index (χ2n) is 5.65. The minimum atomic E-state index is -0.461. The smallest absolute Gasteiger partial charge is 0.223 e. The first-order valence-corrected chi connectivity index (χ1v) is 7.22. The van der Waals surface area contributed by atoms with Crippen molar-refractivity contribution in [1.29, 1.82) is 0 Å². The highest BCUT2D eigenvalue weighted by Crippen LogP contribution is 2.26. The summed E-state index contributed by atoms with van der Waals surface area (Å²) >= 11 is 0. The number of aromatic hydroxyl groups is 1. The predicted octanol–water partition coefficient (Wildman–Crippen LogP) is 1.72. The van der Waals surface area contributed by atoms with Gasteiger partial charge in [-0.15, -0.1) is 0 Å². The van der Waals surface area contributed by atoms with Gasteiger partial charge in [0.05, 0.1) is 18.3 Å². The summed E-state index contributed by atoms with van der Waals surface area (Å²) in [6.45, 7) is 2.14. The first kappa shape index (κ1) is 16.3. The Morgan fingerprint density at radius 2 is 1.86 bits per heavy atom. The molecule has 0 aliphatic heterocycles. The van der Waals surface area contributed by atoms with Crippen LogP contribution in [0.1, 0.15) is 29.9 Å². The Morgan fingerprint density at radius 3 is 2.41 bits per heavy atom. The molecule has 2 rings (SSSR count). The lowest BCUT2D eigenvalue weighted by molar-refractivity contribution is 0.262. The molecule has 0 radical (unpaired) electrons. The van der Waals surface area contributed by atoms with Gasteiger partial charge < -0.3 is 19.7 Å². The average Bonchev–Trinajstić information content (AvgIpc) is 2.51. The quantitative estimate of drug-likeness (QED) is 0.882. The van der Waals surface area contributed by atoms with Crippen LogP contribution in [-0.2, 0) is 13.2 Å². The van der Waals surface area contributed by atoms with Gasteiger partial charge in [-0.3, -0.25) is 4.79 Å². The number of hydrogen-bond donors (Lipinski definition) is 2. The molecule has 22 heavy (non-hydrogen) atoms. The Balaban J connectivity index is 2.66. The first-order chi connectivity index (χ1) is 10.5. The zero-order valence-electron chi connectivity index (χ0n) is 13.2. The van der Waals surface area contributed by atoms with E-state index >= 15 is 0 Å². The van der Waals surface area contributed by atoms with Gasteiger partial charge in [0, 0.05) is 18.3 Å². The molecule has 5 nitrogen and oxygen atoms in total. The molecular formula is C17H22N2O3. The summed E-state index contributed by atoms with van der Waals surface area (Å²) in [6.07, 6.45) is 0. The minimum absolute atomic E-state index is 0.107. The summed E-state index contributed by atoms with van der Waals surface area (Å²) in [6, 6.07) is 11.0. The van der Waals surface area contributed by atoms with Crippen molar-refractivity contribution in [2.75, 3.05) is 14.1 Å². The number of aromatic nitrogens is 1. The van der Waals surface area contributed by atoms with E-state index in [1.807, 2.05) is 60.8 Å². The second kappa shape index (κ2) is 6.77. The summed E-state index contributed by atoms with van der Waals surface area (Å²) in [5.41, 5.74) is 1.59. The van der Waals surface area contributed by atoms with Crippen LogP contribution in [0.3, 0.4) is 0 Å². The number of rotatable bonds is 5. The van der Waals surface area contributed by atoms with Crippen LogP contribution in [-0.4, -0.2) is 33.8 Å².